The first kappa shape index (κ1) is 11.4. The first-order chi connectivity index (χ1) is 7.70. The van der Waals surface area contributed by atoms with Gasteiger partial charge in [0.1, 0.15) is 5.82 Å². The molecule has 0 saturated heterocycles. The third-order valence-electron chi connectivity index (χ3n) is 2.35. The second-order valence-corrected chi connectivity index (χ2v) is 4.26. The van der Waals surface area contributed by atoms with Gasteiger partial charge in [-0.1, -0.05) is 54.1 Å². The summed E-state index contributed by atoms with van der Waals surface area (Å²) in [6, 6.07) is 14.2. The lowest BCUT2D eigenvalue weighted by Gasteiger charge is -2.11. The zero-order valence-electron chi connectivity index (χ0n) is 8.33. The van der Waals surface area contributed by atoms with Crippen molar-refractivity contribution in [1.82, 2.24) is 0 Å². The third kappa shape index (κ3) is 2.21. The lowest BCUT2D eigenvalue weighted by atomic mass is 10.0. The minimum absolute atomic E-state index is 0.0964. The van der Waals surface area contributed by atoms with E-state index in [-0.39, 0.29) is 5.02 Å². The molecule has 1 atom stereocenters. The fraction of sp³-hybridized carbons (Fsp3) is 0.0769. The molecule has 0 aliphatic rings. The Morgan fingerprint density at radius 1 is 0.938 bits per heavy atom. The summed E-state index contributed by atoms with van der Waals surface area (Å²) < 4.78 is 13.7. The summed E-state index contributed by atoms with van der Waals surface area (Å²) in [7, 11) is 0. The Bertz CT molecular complexity index is 483. The summed E-state index contributed by atoms with van der Waals surface area (Å²) in [5, 5.41) is -0.418. The van der Waals surface area contributed by atoms with E-state index in [4.69, 9.17) is 23.2 Å². The van der Waals surface area contributed by atoms with Gasteiger partial charge < -0.3 is 0 Å². The molecule has 0 aromatic heterocycles. The Hall–Kier alpha value is -1.05. The van der Waals surface area contributed by atoms with E-state index in [2.05, 4.69) is 0 Å². The molecule has 0 radical (unpaired) electrons. The van der Waals surface area contributed by atoms with E-state index in [1.54, 1.807) is 12.1 Å². The van der Waals surface area contributed by atoms with E-state index in [0.29, 0.717) is 5.56 Å². The summed E-state index contributed by atoms with van der Waals surface area (Å²) in [5.74, 6) is -0.451. The number of benzene rings is 2. The second-order valence-electron chi connectivity index (χ2n) is 3.42. The maximum absolute atomic E-state index is 13.7. The Morgan fingerprint density at radius 3 is 2.31 bits per heavy atom. The van der Waals surface area contributed by atoms with Gasteiger partial charge in [-0.25, -0.2) is 4.39 Å². The lowest BCUT2D eigenvalue weighted by Crippen LogP contribution is -1.97. The van der Waals surface area contributed by atoms with Gasteiger partial charge >= 0.3 is 0 Å². The van der Waals surface area contributed by atoms with Crippen LogP contribution >= 0.6 is 23.2 Å². The predicted octanol–water partition coefficient (Wildman–Crippen LogP) is 4.81. The monoisotopic (exact) mass is 254 g/mol. The molecule has 0 aliphatic carbocycles. The zero-order valence-corrected chi connectivity index (χ0v) is 9.84. The van der Waals surface area contributed by atoms with Gasteiger partial charge in [-0.05, 0) is 11.6 Å². The molecule has 0 nitrogen and oxygen atoms in total. The predicted molar refractivity (Wildman–Crippen MR) is 65.5 cm³/mol. The van der Waals surface area contributed by atoms with Crippen molar-refractivity contribution < 1.29 is 4.39 Å². The van der Waals surface area contributed by atoms with Crippen LogP contribution in [0.15, 0.2) is 48.5 Å². The summed E-state index contributed by atoms with van der Waals surface area (Å²) in [5.41, 5.74) is 1.26. The third-order valence-corrected chi connectivity index (χ3v) is 3.13. The Balaban J connectivity index is 2.42. The zero-order chi connectivity index (χ0) is 11.5. The molecule has 82 valence electrons. The van der Waals surface area contributed by atoms with E-state index in [1.165, 1.54) is 6.07 Å². The molecule has 16 heavy (non-hydrogen) atoms. The standard InChI is InChI=1S/C13H9Cl2F/c14-11-8-4-7-10(13(11)16)12(15)9-5-2-1-3-6-9/h1-8,12H. The molecule has 0 fully saturated rings. The van der Waals surface area contributed by atoms with E-state index in [1.807, 2.05) is 30.3 Å². The first-order valence-electron chi connectivity index (χ1n) is 4.83. The van der Waals surface area contributed by atoms with Crippen LogP contribution in [0.25, 0.3) is 0 Å². The fourth-order valence-corrected chi connectivity index (χ4v) is 2.01. The van der Waals surface area contributed by atoms with Crippen molar-refractivity contribution in [3.05, 3.63) is 70.5 Å². The second kappa shape index (κ2) is 4.86. The fourth-order valence-electron chi connectivity index (χ4n) is 1.52. The molecular formula is C13H9Cl2F. The van der Waals surface area contributed by atoms with Crippen LogP contribution < -0.4 is 0 Å². The number of halogens is 3. The highest BCUT2D eigenvalue weighted by Crippen LogP contribution is 2.32. The maximum Gasteiger partial charge on any atom is 0.146 e. The van der Waals surface area contributed by atoms with Gasteiger partial charge in [0.15, 0.2) is 0 Å². The van der Waals surface area contributed by atoms with Gasteiger partial charge in [-0.3, -0.25) is 0 Å². The molecule has 0 saturated carbocycles. The smallest absolute Gasteiger partial charge is 0.146 e. The Kier molecular flexibility index (Phi) is 3.47. The minimum atomic E-state index is -0.514. The first-order valence-corrected chi connectivity index (χ1v) is 5.64. The van der Waals surface area contributed by atoms with Gasteiger partial charge in [-0.15, -0.1) is 11.6 Å². The highest BCUT2D eigenvalue weighted by Gasteiger charge is 2.16. The minimum Gasteiger partial charge on any atom is -0.205 e. The van der Waals surface area contributed by atoms with Crippen LogP contribution in [0.1, 0.15) is 16.5 Å². The van der Waals surface area contributed by atoms with Gasteiger partial charge in [0.2, 0.25) is 0 Å². The molecule has 2 aromatic rings. The lowest BCUT2D eigenvalue weighted by molar-refractivity contribution is 0.613. The summed E-state index contributed by atoms with van der Waals surface area (Å²) >= 11 is 11.9. The quantitative estimate of drug-likeness (QED) is 0.675. The number of hydrogen-bond donors (Lipinski definition) is 0. The molecule has 0 spiro atoms. The van der Waals surface area contributed by atoms with Gasteiger partial charge in [-0.2, -0.15) is 0 Å². The van der Waals surface area contributed by atoms with E-state index < -0.39 is 11.2 Å². The normalized spacial score (nSPS) is 12.4. The van der Waals surface area contributed by atoms with Gasteiger partial charge in [0.25, 0.3) is 0 Å². The summed E-state index contributed by atoms with van der Waals surface area (Å²) in [6.45, 7) is 0. The molecule has 0 amide bonds. The molecule has 0 aliphatic heterocycles. The van der Waals surface area contributed by atoms with Crippen molar-refractivity contribution >= 4 is 23.2 Å². The summed E-state index contributed by atoms with van der Waals surface area (Å²) in [6.07, 6.45) is 0. The van der Waals surface area contributed by atoms with Crippen LogP contribution in [-0.2, 0) is 0 Å². The number of hydrogen-bond acceptors (Lipinski definition) is 0. The molecule has 3 heteroatoms. The van der Waals surface area contributed by atoms with Crippen molar-refractivity contribution in [2.45, 2.75) is 5.38 Å². The van der Waals surface area contributed by atoms with Gasteiger partial charge in [0, 0.05) is 5.56 Å². The summed E-state index contributed by atoms with van der Waals surface area (Å²) in [4.78, 5) is 0. The molecule has 2 rings (SSSR count). The highest BCUT2D eigenvalue weighted by atomic mass is 35.5. The number of alkyl halides is 1. The van der Waals surface area contributed by atoms with Crippen molar-refractivity contribution in [3.8, 4) is 0 Å². The molecule has 1 unspecified atom stereocenters. The average Bonchev–Trinajstić information content (AvgIpc) is 2.33. The number of rotatable bonds is 2. The Morgan fingerprint density at radius 2 is 1.62 bits per heavy atom. The van der Waals surface area contributed by atoms with Crippen molar-refractivity contribution in [3.63, 3.8) is 0 Å². The molecule has 0 N–H and O–H groups in total. The van der Waals surface area contributed by atoms with Crippen molar-refractivity contribution in [1.29, 1.82) is 0 Å². The topological polar surface area (TPSA) is 0 Å². The molecular weight excluding hydrogens is 246 g/mol. The van der Waals surface area contributed by atoms with Crippen LogP contribution in [0.2, 0.25) is 5.02 Å². The molecule has 0 heterocycles. The molecule has 0 bridgehead atoms. The van der Waals surface area contributed by atoms with Crippen LogP contribution in [-0.4, -0.2) is 0 Å². The van der Waals surface area contributed by atoms with Crippen molar-refractivity contribution in [2.24, 2.45) is 0 Å². The van der Waals surface area contributed by atoms with Crippen LogP contribution in [0, 0.1) is 5.82 Å². The molecule has 2 aromatic carbocycles. The maximum atomic E-state index is 13.7. The highest BCUT2D eigenvalue weighted by molar-refractivity contribution is 6.31. The van der Waals surface area contributed by atoms with Gasteiger partial charge in [0.05, 0.1) is 10.4 Å². The van der Waals surface area contributed by atoms with Crippen molar-refractivity contribution in [2.75, 3.05) is 0 Å². The van der Waals surface area contributed by atoms with Crippen LogP contribution in [0.4, 0.5) is 4.39 Å². The van der Waals surface area contributed by atoms with E-state index in [9.17, 15) is 4.39 Å². The SMILES string of the molecule is Fc1c(Cl)cccc1C(Cl)c1ccccc1. The largest absolute Gasteiger partial charge is 0.205 e. The Labute approximate surface area is 104 Å². The average molecular weight is 255 g/mol. The van der Waals surface area contributed by atoms with E-state index in [0.717, 1.165) is 5.56 Å². The van der Waals surface area contributed by atoms with Crippen LogP contribution in [0.5, 0.6) is 0 Å². The van der Waals surface area contributed by atoms with Crippen LogP contribution in [0.3, 0.4) is 0 Å². The van der Waals surface area contributed by atoms with E-state index >= 15 is 0 Å².